The summed E-state index contributed by atoms with van der Waals surface area (Å²) >= 11 is 0. The fraction of sp³-hybridized carbons (Fsp3) is 0.222. The van der Waals surface area contributed by atoms with Gasteiger partial charge in [-0.25, -0.2) is 22.0 Å². The minimum atomic E-state index is -4.26. The van der Waals surface area contributed by atoms with Crippen LogP contribution in [0, 0.1) is 10.1 Å². The Labute approximate surface area is 119 Å². The zero-order valence-electron chi connectivity index (χ0n) is 10.4. The van der Waals surface area contributed by atoms with Crippen molar-refractivity contribution in [2.24, 2.45) is 10.9 Å². The Morgan fingerprint density at radius 2 is 1.76 bits per heavy atom. The second kappa shape index (κ2) is 5.75. The average molecular weight is 337 g/mol. The van der Waals surface area contributed by atoms with Crippen LogP contribution in [-0.4, -0.2) is 39.2 Å². The van der Waals surface area contributed by atoms with Crippen LogP contribution in [0.2, 0.25) is 0 Å². The highest BCUT2D eigenvalue weighted by atomic mass is 32.2. The van der Waals surface area contributed by atoms with E-state index in [0.717, 1.165) is 12.1 Å². The van der Waals surface area contributed by atoms with Gasteiger partial charge in [0.1, 0.15) is 4.90 Å². The van der Waals surface area contributed by atoms with E-state index >= 15 is 0 Å². The summed E-state index contributed by atoms with van der Waals surface area (Å²) in [6.45, 7) is 0. The summed E-state index contributed by atoms with van der Waals surface area (Å²) in [6.07, 6.45) is 0. The Morgan fingerprint density at radius 1 is 1.19 bits per heavy atom. The first-order valence-corrected chi connectivity index (χ1v) is 8.62. The first-order valence-electron chi connectivity index (χ1n) is 5.25. The number of benzene rings is 1. The van der Waals surface area contributed by atoms with Crippen molar-refractivity contribution in [1.29, 1.82) is 0 Å². The first kappa shape index (κ1) is 17.0. The number of carbonyl (C=O) groups is 1. The number of nitro groups is 1. The maximum Gasteiger partial charge on any atom is 0.288 e. The number of nitrogens with zero attached hydrogens (tertiary/aromatic N) is 1. The van der Waals surface area contributed by atoms with Crippen LogP contribution in [0.4, 0.5) is 5.69 Å². The van der Waals surface area contributed by atoms with E-state index in [9.17, 15) is 31.7 Å². The lowest BCUT2D eigenvalue weighted by Gasteiger charge is -2.06. The molecule has 1 rings (SSSR count). The SMILES string of the molecule is NC(=O)c1ccc(S(=O)(=O)CCS(N)(=O)=O)c([N+](=O)[O-])c1. The van der Waals surface area contributed by atoms with Crippen LogP contribution in [0.3, 0.4) is 0 Å². The molecule has 10 nitrogen and oxygen atoms in total. The van der Waals surface area contributed by atoms with E-state index < -0.39 is 52.8 Å². The molecule has 116 valence electrons. The number of hydrogen-bond acceptors (Lipinski definition) is 7. The monoisotopic (exact) mass is 337 g/mol. The van der Waals surface area contributed by atoms with Gasteiger partial charge in [0.2, 0.25) is 15.9 Å². The number of nitro benzene ring substituents is 1. The maximum absolute atomic E-state index is 11.9. The van der Waals surface area contributed by atoms with Crippen molar-refractivity contribution in [1.82, 2.24) is 0 Å². The van der Waals surface area contributed by atoms with Gasteiger partial charge in [-0.1, -0.05) is 0 Å². The largest absolute Gasteiger partial charge is 0.366 e. The average Bonchev–Trinajstić information content (AvgIpc) is 2.35. The number of nitrogens with two attached hydrogens (primary N) is 2. The molecular formula is C9H11N3O7S2. The summed E-state index contributed by atoms with van der Waals surface area (Å²) in [5.41, 5.74) is 3.85. The third-order valence-electron chi connectivity index (χ3n) is 2.41. The van der Waals surface area contributed by atoms with Crippen molar-refractivity contribution in [3.63, 3.8) is 0 Å². The molecule has 0 atom stereocenters. The predicted octanol–water partition coefficient (Wildman–Crippen LogP) is -1.24. The lowest BCUT2D eigenvalue weighted by molar-refractivity contribution is -0.387. The van der Waals surface area contributed by atoms with Crippen LogP contribution in [0.1, 0.15) is 10.4 Å². The van der Waals surface area contributed by atoms with E-state index in [4.69, 9.17) is 10.9 Å². The zero-order valence-corrected chi connectivity index (χ0v) is 12.1. The molecule has 1 amide bonds. The molecule has 0 aliphatic carbocycles. The van der Waals surface area contributed by atoms with Crippen LogP contribution in [-0.2, 0) is 19.9 Å². The summed E-state index contributed by atoms with van der Waals surface area (Å²) in [7, 11) is -8.31. The molecular weight excluding hydrogens is 326 g/mol. The Bertz CT molecular complexity index is 799. The number of rotatable bonds is 6. The van der Waals surface area contributed by atoms with Gasteiger partial charge in [-0.05, 0) is 12.1 Å². The molecule has 0 heterocycles. The number of carbonyl (C=O) groups excluding carboxylic acids is 1. The van der Waals surface area contributed by atoms with Crippen molar-refractivity contribution in [2.45, 2.75) is 4.90 Å². The van der Waals surface area contributed by atoms with Gasteiger partial charge < -0.3 is 5.73 Å². The van der Waals surface area contributed by atoms with Crippen LogP contribution < -0.4 is 10.9 Å². The lowest BCUT2D eigenvalue weighted by atomic mass is 10.2. The Hall–Kier alpha value is -2.05. The topological polar surface area (TPSA) is 181 Å². The van der Waals surface area contributed by atoms with Crippen molar-refractivity contribution in [3.8, 4) is 0 Å². The Balaban J connectivity index is 3.35. The quantitative estimate of drug-likeness (QED) is 0.480. The van der Waals surface area contributed by atoms with Crippen molar-refractivity contribution in [3.05, 3.63) is 33.9 Å². The summed E-state index contributed by atoms with van der Waals surface area (Å²) in [5, 5.41) is 15.6. The minimum Gasteiger partial charge on any atom is -0.366 e. The predicted molar refractivity (Wildman–Crippen MR) is 71.6 cm³/mol. The first-order chi connectivity index (χ1) is 9.44. The molecule has 1 aromatic rings. The molecule has 12 heteroatoms. The van der Waals surface area contributed by atoms with Crippen LogP contribution in [0.25, 0.3) is 0 Å². The Kier molecular flexibility index (Phi) is 4.65. The highest BCUT2D eigenvalue weighted by Crippen LogP contribution is 2.26. The fourth-order valence-corrected chi connectivity index (χ4v) is 4.17. The second-order valence-corrected chi connectivity index (χ2v) is 7.80. The molecule has 1 aromatic carbocycles. The smallest absolute Gasteiger partial charge is 0.288 e. The summed E-state index contributed by atoms with van der Waals surface area (Å²) in [4.78, 5) is 20.1. The zero-order chi connectivity index (χ0) is 16.4. The van der Waals surface area contributed by atoms with Gasteiger partial charge in [-0.2, -0.15) is 0 Å². The molecule has 0 fully saturated rings. The Morgan fingerprint density at radius 3 is 2.19 bits per heavy atom. The highest BCUT2D eigenvalue weighted by molar-refractivity contribution is 7.94. The molecule has 0 aliphatic heterocycles. The van der Waals surface area contributed by atoms with Crippen LogP contribution >= 0.6 is 0 Å². The van der Waals surface area contributed by atoms with E-state index in [-0.39, 0.29) is 5.56 Å². The van der Waals surface area contributed by atoms with Gasteiger partial charge in [0, 0.05) is 11.6 Å². The molecule has 0 saturated heterocycles. The van der Waals surface area contributed by atoms with Crippen molar-refractivity contribution >= 4 is 31.5 Å². The van der Waals surface area contributed by atoms with E-state index in [1.165, 1.54) is 0 Å². The summed E-state index contributed by atoms with van der Waals surface area (Å²) < 4.78 is 45.5. The van der Waals surface area contributed by atoms with E-state index in [1.807, 2.05) is 0 Å². The van der Waals surface area contributed by atoms with E-state index in [1.54, 1.807) is 0 Å². The standard InChI is InChI=1S/C9H11N3O7S2/c10-9(13)6-1-2-8(7(5-6)12(14)15)20(16,17)3-4-21(11,18)19/h1-2,5H,3-4H2,(H2,10,13)(H2,11,18,19). The van der Waals surface area contributed by atoms with Gasteiger partial charge in [0.25, 0.3) is 5.69 Å². The normalized spacial score (nSPS) is 12.0. The maximum atomic E-state index is 11.9. The molecule has 0 radical (unpaired) electrons. The molecule has 21 heavy (non-hydrogen) atoms. The van der Waals surface area contributed by atoms with Gasteiger partial charge >= 0.3 is 0 Å². The number of primary sulfonamides is 1. The highest BCUT2D eigenvalue weighted by Gasteiger charge is 2.27. The summed E-state index contributed by atoms with van der Waals surface area (Å²) in [6, 6.07) is 2.54. The lowest BCUT2D eigenvalue weighted by Crippen LogP contribution is -2.23. The number of sulfone groups is 1. The van der Waals surface area contributed by atoms with Gasteiger partial charge in [-0.15, -0.1) is 0 Å². The van der Waals surface area contributed by atoms with Crippen LogP contribution in [0.15, 0.2) is 23.1 Å². The van der Waals surface area contributed by atoms with Gasteiger partial charge in [-0.3, -0.25) is 14.9 Å². The van der Waals surface area contributed by atoms with E-state index in [0.29, 0.717) is 6.07 Å². The molecule has 0 aromatic heterocycles. The fourth-order valence-electron chi connectivity index (χ4n) is 1.41. The molecule has 0 spiro atoms. The third kappa shape index (κ3) is 4.47. The van der Waals surface area contributed by atoms with Crippen LogP contribution in [0.5, 0.6) is 0 Å². The van der Waals surface area contributed by atoms with Crippen molar-refractivity contribution in [2.75, 3.05) is 11.5 Å². The third-order valence-corrected chi connectivity index (χ3v) is 5.20. The number of amides is 1. The number of hydrogen-bond donors (Lipinski definition) is 2. The molecule has 0 saturated carbocycles. The minimum absolute atomic E-state index is 0.243. The number of primary amides is 1. The second-order valence-electron chi connectivity index (χ2n) is 3.99. The number of sulfonamides is 1. The van der Waals surface area contributed by atoms with E-state index in [2.05, 4.69) is 0 Å². The molecule has 0 bridgehead atoms. The molecule has 0 aliphatic rings. The van der Waals surface area contributed by atoms with Gasteiger partial charge in [0.15, 0.2) is 9.84 Å². The summed E-state index contributed by atoms with van der Waals surface area (Å²) in [5.74, 6) is -2.77. The van der Waals surface area contributed by atoms with Gasteiger partial charge in [0.05, 0.1) is 16.4 Å². The molecule has 4 N–H and O–H groups in total. The molecule has 0 unspecified atom stereocenters. The van der Waals surface area contributed by atoms with Crippen molar-refractivity contribution < 1.29 is 26.6 Å².